The highest BCUT2D eigenvalue weighted by atomic mass is 19.4. The number of aromatic nitrogens is 1. The Morgan fingerprint density at radius 3 is 2.61 bits per heavy atom. The zero-order chi connectivity index (χ0) is 13.3. The first-order valence-corrected chi connectivity index (χ1v) is 5.01. The summed E-state index contributed by atoms with van der Waals surface area (Å²) in [7, 11) is 0. The number of rotatable bonds is 1. The highest BCUT2D eigenvalue weighted by molar-refractivity contribution is 5.79. The lowest BCUT2D eigenvalue weighted by atomic mass is 10.1. The topological polar surface area (TPSA) is 45.8 Å². The molecule has 0 atom stereocenters. The van der Waals surface area contributed by atoms with E-state index in [2.05, 4.69) is 0 Å². The second-order valence-corrected chi connectivity index (χ2v) is 3.70. The van der Waals surface area contributed by atoms with E-state index in [9.17, 15) is 18.0 Å². The number of nitriles is 1. The van der Waals surface area contributed by atoms with Crippen LogP contribution < -0.4 is 5.43 Å². The van der Waals surface area contributed by atoms with Crippen molar-refractivity contribution >= 4 is 10.9 Å². The summed E-state index contributed by atoms with van der Waals surface area (Å²) in [6, 6.07) is 5.95. The molecule has 0 radical (unpaired) electrons. The molecule has 1 aromatic heterocycles. The van der Waals surface area contributed by atoms with Gasteiger partial charge < -0.3 is 4.57 Å². The maximum absolute atomic E-state index is 12.5. The summed E-state index contributed by atoms with van der Waals surface area (Å²) in [5.41, 5.74) is -1.05. The van der Waals surface area contributed by atoms with Crippen LogP contribution in [0.2, 0.25) is 0 Å². The molecule has 0 saturated carbocycles. The summed E-state index contributed by atoms with van der Waals surface area (Å²) < 4.78 is 39.0. The molecule has 0 aliphatic heterocycles. The summed E-state index contributed by atoms with van der Waals surface area (Å²) >= 11 is 0. The van der Waals surface area contributed by atoms with Crippen LogP contribution in [0.1, 0.15) is 5.56 Å². The van der Waals surface area contributed by atoms with Crippen LogP contribution in [-0.2, 0) is 12.7 Å². The molecule has 0 aliphatic carbocycles. The smallest absolute Gasteiger partial charge is 0.333 e. The molecule has 0 amide bonds. The molecule has 0 spiro atoms. The Morgan fingerprint density at radius 2 is 2.00 bits per heavy atom. The predicted octanol–water partition coefficient (Wildman–Crippen LogP) is 2.54. The first-order valence-electron chi connectivity index (χ1n) is 5.01. The Balaban J connectivity index is 2.75. The number of fused-ring (bicyclic) bond motifs is 1. The van der Waals surface area contributed by atoms with Crippen molar-refractivity contribution in [2.75, 3.05) is 0 Å². The van der Waals surface area contributed by atoms with Gasteiger partial charge in [0.15, 0.2) is 5.43 Å². The van der Waals surface area contributed by atoms with Crippen molar-refractivity contribution in [1.82, 2.24) is 4.57 Å². The van der Waals surface area contributed by atoms with Crippen LogP contribution in [0.25, 0.3) is 10.9 Å². The molecular weight excluding hydrogens is 245 g/mol. The van der Waals surface area contributed by atoms with Crippen molar-refractivity contribution < 1.29 is 13.2 Å². The van der Waals surface area contributed by atoms with Gasteiger partial charge >= 0.3 is 6.18 Å². The quantitative estimate of drug-likeness (QED) is 0.782. The average Bonchev–Trinajstić information content (AvgIpc) is 2.31. The fourth-order valence-corrected chi connectivity index (χ4v) is 1.70. The molecule has 0 unspecified atom stereocenters. The fourth-order valence-electron chi connectivity index (χ4n) is 1.70. The van der Waals surface area contributed by atoms with Gasteiger partial charge in [-0.2, -0.15) is 18.4 Å². The van der Waals surface area contributed by atoms with E-state index in [1.807, 2.05) is 6.07 Å². The maximum Gasteiger partial charge on any atom is 0.416 e. The van der Waals surface area contributed by atoms with Gasteiger partial charge in [0.05, 0.1) is 17.1 Å². The first-order chi connectivity index (χ1) is 8.43. The molecule has 1 aromatic carbocycles. The molecule has 0 saturated heterocycles. The average molecular weight is 252 g/mol. The van der Waals surface area contributed by atoms with Crippen molar-refractivity contribution in [2.24, 2.45) is 0 Å². The largest absolute Gasteiger partial charge is 0.416 e. The van der Waals surface area contributed by atoms with Gasteiger partial charge in [-0.25, -0.2) is 0 Å². The predicted molar refractivity (Wildman–Crippen MR) is 58.8 cm³/mol. The monoisotopic (exact) mass is 252 g/mol. The second-order valence-electron chi connectivity index (χ2n) is 3.70. The van der Waals surface area contributed by atoms with Crippen LogP contribution in [0.5, 0.6) is 0 Å². The Labute approximate surface area is 99.7 Å². The lowest BCUT2D eigenvalue weighted by molar-refractivity contribution is -0.137. The van der Waals surface area contributed by atoms with E-state index < -0.39 is 17.2 Å². The molecule has 2 rings (SSSR count). The van der Waals surface area contributed by atoms with Gasteiger partial charge in [-0.3, -0.25) is 4.79 Å². The molecule has 92 valence electrons. The van der Waals surface area contributed by atoms with E-state index >= 15 is 0 Å². The first kappa shape index (κ1) is 12.2. The van der Waals surface area contributed by atoms with Crippen molar-refractivity contribution in [1.29, 1.82) is 5.26 Å². The summed E-state index contributed by atoms with van der Waals surface area (Å²) in [5, 5.41) is 8.56. The third-order valence-corrected chi connectivity index (χ3v) is 2.55. The highest BCUT2D eigenvalue weighted by Gasteiger charge is 2.30. The summed E-state index contributed by atoms with van der Waals surface area (Å²) in [6.07, 6.45) is -3.10. The van der Waals surface area contributed by atoms with Crippen molar-refractivity contribution in [3.63, 3.8) is 0 Å². The Bertz CT molecular complexity index is 695. The van der Waals surface area contributed by atoms with Crippen LogP contribution in [0.4, 0.5) is 13.2 Å². The standard InChI is InChI=1S/C12H7F3N2O/c13-12(14,15)8-1-2-10-9(7-8)11(18)3-5-17(10)6-4-16/h1-3,5,7H,6H2. The SMILES string of the molecule is N#CCn1ccc(=O)c2cc(C(F)(F)F)ccc21. The van der Waals surface area contributed by atoms with Gasteiger partial charge in [0.2, 0.25) is 0 Å². The number of alkyl halides is 3. The highest BCUT2D eigenvalue weighted by Crippen LogP contribution is 2.30. The van der Waals surface area contributed by atoms with Gasteiger partial charge in [-0.1, -0.05) is 0 Å². The van der Waals surface area contributed by atoms with E-state index in [4.69, 9.17) is 5.26 Å². The summed E-state index contributed by atoms with van der Waals surface area (Å²) in [4.78, 5) is 11.6. The number of hydrogen-bond acceptors (Lipinski definition) is 2. The van der Waals surface area contributed by atoms with Crippen molar-refractivity contribution in [2.45, 2.75) is 12.7 Å². The minimum absolute atomic E-state index is 0.0257. The molecular formula is C12H7F3N2O. The van der Waals surface area contributed by atoms with Crippen LogP contribution in [-0.4, -0.2) is 4.57 Å². The normalized spacial score (nSPS) is 11.4. The van der Waals surface area contributed by atoms with Gasteiger partial charge in [0.1, 0.15) is 6.54 Å². The van der Waals surface area contributed by atoms with Crippen molar-refractivity contribution in [3.8, 4) is 6.07 Å². The zero-order valence-corrected chi connectivity index (χ0v) is 9.03. The lowest BCUT2D eigenvalue weighted by Gasteiger charge is -2.10. The molecule has 0 N–H and O–H groups in total. The number of hydrogen-bond donors (Lipinski definition) is 0. The molecule has 0 fully saturated rings. The number of halogens is 3. The maximum atomic E-state index is 12.5. The molecule has 2 aromatic rings. The van der Waals surface area contributed by atoms with Crippen LogP contribution in [0.3, 0.4) is 0 Å². The second kappa shape index (κ2) is 4.18. The van der Waals surface area contributed by atoms with Gasteiger partial charge in [-0.05, 0) is 18.2 Å². The molecule has 18 heavy (non-hydrogen) atoms. The van der Waals surface area contributed by atoms with E-state index in [1.54, 1.807) is 0 Å². The third kappa shape index (κ3) is 2.07. The Morgan fingerprint density at radius 1 is 1.28 bits per heavy atom. The third-order valence-electron chi connectivity index (χ3n) is 2.55. The van der Waals surface area contributed by atoms with E-state index in [-0.39, 0.29) is 11.9 Å². The minimum atomic E-state index is -4.49. The number of nitrogens with zero attached hydrogens (tertiary/aromatic N) is 2. The summed E-state index contributed by atoms with van der Waals surface area (Å²) in [5.74, 6) is 0. The Hall–Kier alpha value is -2.29. The van der Waals surface area contributed by atoms with E-state index in [0.717, 1.165) is 18.2 Å². The number of pyridine rings is 1. The lowest BCUT2D eigenvalue weighted by Crippen LogP contribution is -2.10. The van der Waals surface area contributed by atoms with Crippen LogP contribution >= 0.6 is 0 Å². The van der Waals surface area contributed by atoms with E-state index in [1.165, 1.54) is 16.8 Å². The number of benzene rings is 1. The van der Waals surface area contributed by atoms with Crippen LogP contribution in [0, 0.1) is 11.3 Å². The minimum Gasteiger partial charge on any atom is -0.333 e. The Kier molecular flexibility index (Phi) is 2.83. The molecule has 0 aliphatic rings. The molecule has 3 nitrogen and oxygen atoms in total. The summed E-state index contributed by atoms with van der Waals surface area (Å²) in [6.45, 7) is -0.0257. The molecule has 6 heteroatoms. The molecule has 1 heterocycles. The van der Waals surface area contributed by atoms with Gasteiger partial charge in [0.25, 0.3) is 0 Å². The van der Waals surface area contributed by atoms with Crippen LogP contribution in [0.15, 0.2) is 35.3 Å². The van der Waals surface area contributed by atoms with E-state index in [0.29, 0.717) is 5.52 Å². The van der Waals surface area contributed by atoms with Crippen molar-refractivity contribution in [3.05, 3.63) is 46.2 Å². The van der Waals surface area contributed by atoms with Gasteiger partial charge in [-0.15, -0.1) is 0 Å². The molecule has 0 bridgehead atoms. The van der Waals surface area contributed by atoms with Gasteiger partial charge in [0, 0.05) is 17.6 Å². The fraction of sp³-hybridized carbons (Fsp3) is 0.167. The zero-order valence-electron chi connectivity index (χ0n) is 9.03.